The predicted molar refractivity (Wildman–Crippen MR) is 85.4 cm³/mol. The van der Waals surface area contributed by atoms with Crippen LogP contribution in [0.5, 0.6) is 11.5 Å². The van der Waals surface area contributed by atoms with Crippen LogP contribution in [0, 0.1) is 0 Å². The highest BCUT2D eigenvalue weighted by atomic mass is 35.5. The summed E-state index contributed by atoms with van der Waals surface area (Å²) in [6.07, 6.45) is -4.79. The second-order valence-electron chi connectivity index (χ2n) is 4.35. The minimum atomic E-state index is -4.79. The smallest absolute Gasteiger partial charge is 0.488 e. The van der Waals surface area contributed by atoms with Crippen LogP contribution >= 0.6 is 24.0 Å². The van der Waals surface area contributed by atoms with Crippen molar-refractivity contribution < 1.29 is 22.6 Å². The van der Waals surface area contributed by atoms with Crippen LogP contribution in [0.3, 0.4) is 0 Å². The third-order valence-electron chi connectivity index (χ3n) is 2.72. The zero-order valence-corrected chi connectivity index (χ0v) is 13.3. The fourth-order valence-electron chi connectivity index (χ4n) is 1.82. The van der Waals surface area contributed by atoms with Crippen LogP contribution in [0.15, 0.2) is 42.5 Å². The molecular weight excluding hydrogens is 354 g/mol. The Balaban J connectivity index is 0.00000264. The van der Waals surface area contributed by atoms with Crippen LogP contribution in [0.2, 0.25) is 5.02 Å². The molecule has 0 aromatic heterocycles. The van der Waals surface area contributed by atoms with E-state index in [0.29, 0.717) is 10.6 Å². The SMILES string of the molecule is Cl.NCCOc1cc(-c2ccc(Cl)cc2)ccc1OC(F)(F)F. The second-order valence-corrected chi connectivity index (χ2v) is 4.79. The van der Waals surface area contributed by atoms with Gasteiger partial charge in [0.25, 0.3) is 0 Å². The Kier molecular flexibility index (Phi) is 7.00. The molecule has 2 aromatic carbocycles. The van der Waals surface area contributed by atoms with Crippen molar-refractivity contribution in [2.75, 3.05) is 13.2 Å². The molecule has 0 aliphatic heterocycles. The van der Waals surface area contributed by atoms with Gasteiger partial charge in [0.1, 0.15) is 6.61 Å². The van der Waals surface area contributed by atoms with Crippen LogP contribution in [0.25, 0.3) is 11.1 Å². The molecule has 0 saturated carbocycles. The number of alkyl halides is 3. The Morgan fingerprint density at radius 1 is 0.957 bits per heavy atom. The van der Waals surface area contributed by atoms with Gasteiger partial charge in [0.05, 0.1) is 0 Å². The van der Waals surface area contributed by atoms with Crippen molar-refractivity contribution in [2.45, 2.75) is 6.36 Å². The molecule has 0 saturated heterocycles. The van der Waals surface area contributed by atoms with Crippen molar-refractivity contribution in [1.82, 2.24) is 0 Å². The molecule has 0 fully saturated rings. The maximum absolute atomic E-state index is 12.4. The summed E-state index contributed by atoms with van der Waals surface area (Å²) in [6, 6.07) is 11.1. The predicted octanol–water partition coefficient (Wildman–Crippen LogP) is 4.66. The minimum absolute atomic E-state index is 0. The molecule has 8 heteroatoms. The van der Waals surface area contributed by atoms with Gasteiger partial charge in [0.2, 0.25) is 0 Å². The normalized spacial score (nSPS) is 10.8. The summed E-state index contributed by atoms with van der Waals surface area (Å²) in [5.41, 5.74) is 6.79. The van der Waals surface area contributed by atoms with Gasteiger partial charge in [-0.25, -0.2) is 0 Å². The molecule has 3 nitrogen and oxygen atoms in total. The molecular formula is C15H14Cl2F3NO2. The number of benzene rings is 2. The summed E-state index contributed by atoms with van der Waals surface area (Å²) >= 11 is 5.81. The molecule has 0 aliphatic rings. The van der Waals surface area contributed by atoms with Gasteiger partial charge in [-0.2, -0.15) is 0 Å². The lowest BCUT2D eigenvalue weighted by molar-refractivity contribution is -0.275. The van der Waals surface area contributed by atoms with Crippen LogP contribution in [0.1, 0.15) is 0 Å². The maximum Gasteiger partial charge on any atom is 0.573 e. The largest absolute Gasteiger partial charge is 0.573 e. The molecule has 2 N–H and O–H groups in total. The highest BCUT2D eigenvalue weighted by Crippen LogP contribution is 2.36. The topological polar surface area (TPSA) is 44.5 Å². The van der Waals surface area contributed by atoms with E-state index < -0.39 is 12.1 Å². The van der Waals surface area contributed by atoms with Crippen molar-refractivity contribution in [3.63, 3.8) is 0 Å². The Bertz CT molecular complexity index is 634. The Morgan fingerprint density at radius 3 is 2.13 bits per heavy atom. The summed E-state index contributed by atoms with van der Waals surface area (Å²) in [5, 5.41) is 0.570. The van der Waals surface area contributed by atoms with Gasteiger partial charge in [-0.15, -0.1) is 25.6 Å². The van der Waals surface area contributed by atoms with Gasteiger partial charge < -0.3 is 15.2 Å². The molecule has 0 bridgehead atoms. The van der Waals surface area contributed by atoms with Crippen molar-refractivity contribution in [3.05, 3.63) is 47.5 Å². The van der Waals surface area contributed by atoms with Crippen molar-refractivity contribution in [2.24, 2.45) is 5.73 Å². The fraction of sp³-hybridized carbons (Fsp3) is 0.200. The van der Waals surface area contributed by atoms with Crippen LogP contribution in [-0.4, -0.2) is 19.5 Å². The number of halogens is 5. The molecule has 23 heavy (non-hydrogen) atoms. The Morgan fingerprint density at radius 2 is 1.57 bits per heavy atom. The van der Waals surface area contributed by atoms with Crippen molar-refractivity contribution in [1.29, 1.82) is 0 Å². The number of hydrogen-bond donors (Lipinski definition) is 1. The minimum Gasteiger partial charge on any atom is -0.488 e. The average molecular weight is 368 g/mol. The van der Waals surface area contributed by atoms with Crippen LogP contribution < -0.4 is 15.2 Å². The average Bonchev–Trinajstić information content (AvgIpc) is 2.45. The van der Waals surface area contributed by atoms with E-state index in [1.807, 2.05) is 0 Å². The highest BCUT2D eigenvalue weighted by molar-refractivity contribution is 6.30. The maximum atomic E-state index is 12.4. The van der Waals surface area contributed by atoms with E-state index in [1.54, 1.807) is 24.3 Å². The molecule has 0 radical (unpaired) electrons. The summed E-state index contributed by atoms with van der Waals surface area (Å²) in [4.78, 5) is 0. The Hall–Kier alpha value is -1.63. The number of hydrogen-bond acceptors (Lipinski definition) is 3. The van der Waals surface area contributed by atoms with Gasteiger partial charge in [0, 0.05) is 11.6 Å². The van der Waals surface area contributed by atoms with Gasteiger partial charge in [0.15, 0.2) is 11.5 Å². The van der Waals surface area contributed by atoms with E-state index in [-0.39, 0.29) is 31.3 Å². The zero-order valence-electron chi connectivity index (χ0n) is 11.8. The lowest BCUT2D eigenvalue weighted by atomic mass is 10.1. The summed E-state index contributed by atoms with van der Waals surface area (Å²) < 4.78 is 46.4. The monoisotopic (exact) mass is 367 g/mol. The quantitative estimate of drug-likeness (QED) is 0.835. The van der Waals surface area contributed by atoms with Crippen molar-refractivity contribution >= 4 is 24.0 Å². The molecule has 0 spiro atoms. The summed E-state index contributed by atoms with van der Waals surface area (Å²) in [5.74, 6) is -0.422. The lowest BCUT2D eigenvalue weighted by Gasteiger charge is -2.15. The fourth-order valence-corrected chi connectivity index (χ4v) is 1.95. The zero-order chi connectivity index (χ0) is 16.2. The van der Waals surface area contributed by atoms with Gasteiger partial charge in [-0.3, -0.25) is 0 Å². The van der Waals surface area contributed by atoms with E-state index >= 15 is 0 Å². The highest BCUT2D eigenvalue weighted by Gasteiger charge is 2.32. The third kappa shape index (κ3) is 5.82. The first kappa shape index (κ1) is 19.4. The summed E-state index contributed by atoms with van der Waals surface area (Å²) in [6.45, 7) is 0.259. The summed E-state index contributed by atoms with van der Waals surface area (Å²) in [7, 11) is 0. The number of ether oxygens (including phenoxy) is 2. The number of rotatable bonds is 5. The van der Waals surface area contributed by atoms with E-state index in [2.05, 4.69) is 4.74 Å². The Labute approximate surface area is 142 Å². The van der Waals surface area contributed by atoms with Gasteiger partial charge in [-0.1, -0.05) is 29.8 Å². The van der Waals surface area contributed by atoms with E-state index in [4.69, 9.17) is 22.1 Å². The molecule has 0 heterocycles. The molecule has 0 atom stereocenters. The molecule has 126 valence electrons. The standard InChI is InChI=1S/C15H13ClF3NO2.ClH/c16-12-4-1-10(2-5-12)11-3-6-13(22-15(17,18)19)14(9-11)21-8-7-20;/h1-6,9H,7-8,20H2;1H. The first-order valence-electron chi connectivity index (χ1n) is 6.37. The third-order valence-corrected chi connectivity index (χ3v) is 2.97. The van der Waals surface area contributed by atoms with E-state index in [1.165, 1.54) is 18.2 Å². The van der Waals surface area contributed by atoms with E-state index in [0.717, 1.165) is 5.56 Å². The van der Waals surface area contributed by atoms with E-state index in [9.17, 15) is 13.2 Å². The number of nitrogens with two attached hydrogens (primary N) is 1. The van der Waals surface area contributed by atoms with Crippen molar-refractivity contribution in [3.8, 4) is 22.6 Å². The molecule has 0 unspecified atom stereocenters. The lowest BCUT2D eigenvalue weighted by Crippen LogP contribution is -2.18. The molecule has 0 amide bonds. The van der Waals surface area contributed by atoms with Crippen LogP contribution in [0.4, 0.5) is 13.2 Å². The van der Waals surface area contributed by atoms with Gasteiger partial charge in [-0.05, 0) is 35.4 Å². The molecule has 0 aliphatic carbocycles. The van der Waals surface area contributed by atoms with Crippen LogP contribution in [-0.2, 0) is 0 Å². The first-order valence-corrected chi connectivity index (χ1v) is 6.75. The second kappa shape index (κ2) is 8.29. The van der Waals surface area contributed by atoms with Gasteiger partial charge >= 0.3 is 6.36 Å². The first-order chi connectivity index (χ1) is 10.4. The molecule has 2 aromatic rings. The molecule has 2 rings (SSSR count).